The van der Waals surface area contributed by atoms with Gasteiger partial charge in [0, 0.05) is 5.56 Å². The Bertz CT molecular complexity index is 491. The van der Waals surface area contributed by atoms with Crippen LogP contribution in [0.2, 0.25) is 0 Å². The fourth-order valence-electron chi connectivity index (χ4n) is 1.70. The lowest BCUT2D eigenvalue weighted by Crippen LogP contribution is -1.98. The van der Waals surface area contributed by atoms with E-state index in [-0.39, 0.29) is 5.12 Å². The molecule has 80 valence electrons. The lowest BCUT2D eigenvalue weighted by atomic mass is 10.0. The van der Waals surface area contributed by atoms with E-state index < -0.39 is 0 Å². The summed E-state index contributed by atoms with van der Waals surface area (Å²) in [7, 11) is 0. The molecule has 0 N–H and O–H groups in total. The minimum atomic E-state index is -0.175. The summed E-state index contributed by atoms with van der Waals surface area (Å²) in [4.78, 5) is 11.3. The van der Waals surface area contributed by atoms with E-state index in [1.54, 1.807) is 0 Å². The normalized spacial score (nSPS) is 10.1. The summed E-state index contributed by atoms with van der Waals surface area (Å²) in [6, 6.07) is 17.7. The zero-order valence-electron chi connectivity index (χ0n) is 8.76. The molecule has 1 nitrogen and oxygen atoms in total. The van der Waals surface area contributed by atoms with Gasteiger partial charge < -0.3 is 0 Å². The molecular formula is C14H12OS. The largest absolute Gasteiger partial charge is 0.282 e. The second-order valence-electron chi connectivity index (χ2n) is 3.62. The van der Waals surface area contributed by atoms with E-state index in [1.165, 1.54) is 5.56 Å². The van der Waals surface area contributed by atoms with Crippen molar-refractivity contribution in [2.24, 2.45) is 0 Å². The quantitative estimate of drug-likeness (QED) is 0.797. The van der Waals surface area contributed by atoms with Crippen LogP contribution in [0.1, 0.15) is 21.5 Å². The summed E-state index contributed by atoms with van der Waals surface area (Å²) in [5.74, 6) is 0. The predicted octanol–water partition coefficient (Wildman–Crippen LogP) is 3.35. The molecule has 0 saturated carbocycles. The van der Waals surface area contributed by atoms with Crippen LogP contribution in [-0.4, -0.2) is 5.12 Å². The minimum absolute atomic E-state index is 0.175. The zero-order valence-corrected chi connectivity index (χ0v) is 9.65. The van der Waals surface area contributed by atoms with Crippen LogP contribution in [0.5, 0.6) is 0 Å². The third-order valence-electron chi connectivity index (χ3n) is 2.49. The van der Waals surface area contributed by atoms with Crippen molar-refractivity contribution in [2.45, 2.75) is 6.42 Å². The summed E-state index contributed by atoms with van der Waals surface area (Å²) in [6.07, 6.45) is 0.767. The van der Waals surface area contributed by atoms with Crippen LogP contribution >= 0.6 is 12.6 Å². The summed E-state index contributed by atoms with van der Waals surface area (Å²) >= 11 is 3.88. The number of benzene rings is 2. The fourth-order valence-corrected chi connectivity index (χ4v) is 1.92. The van der Waals surface area contributed by atoms with Crippen molar-refractivity contribution in [1.82, 2.24) is 0 Å². The monoisotopic (exact) mass is 228 g/mol. The molecule has 0 aliphatic carbocycles. The van der Waals surface area contributed by atoms with Gasteiger partial charge in [0.1, 0.15) is 0 Å². The Morgan fingerprint density at radius 1 is 0.938 bits per heavy atom. The minimum Gasteiger partial charge on any atom is -0.282 e. The second kappa shape index (κ2) is 4.99. The average Bonchev–Trinajstić information content (AvgIpc) is 2.31. The number of hydrogen-bond donors (Lipinski definition) is 1. The maximum Gasteiger partial charge on any atom is 0.216 e. The third kappa shape index (κ3) is 2.52. The van der Waals surface area contributed by atoms with E-state index in [0.29, 0.717) is 5.56 Å². The van der Waals surface area contributed by atoms with Crippen molar-refractivity contribution in [3.63, 3.8) is 0 Å². The molecule has 2 rings (SSSR count). The Morgan fingerprint density at radius 2 is 1.56 bits per heavy atom. The first-order chi connectivity index (χ1) is 7.77. The van der Waals surface area contributed by atoms with Gasteiger partial charge in [-0.3, -0.25) is 4.79 Å². The molecule has 0 aliphatic heterocycles. The van der Waals surface area contributed by atoms with Gasteiger partial charge >= 0.3 is 0 Å². The molecule has 2 aromatic rings. The van der Waals surface area contributed by atoms with Crippen LogP contribution in [0.25, 0.3) is 0 Å². The van der Waals surface area contributed by atoms with E-state index in [0.717, 1.165) is 12.0 Å². The molecule has 2 aromatic carbocycles. The smallest absolute Gasteiger partial charge is 0.216 e. The van der Waals surface area contributed by atoms with Gasteiger partial charge in [-0.15, -0.1) is 12.6 Å². The highest BCUT2D eigenvalue weighted by molar-refractivity contribution is 7.97. The number of rotatable bonds is 3. The highest BCUT2D eigenvalue weighted by atomic mass is 32.1. The van der Waals surface area contributed by atoms with Gasteiger partial charge in [0.2, 0.25) is 5.12 Å². The van der Waals surface area contributed by atoms with E-state index in [4.69, 9.17) is 0 Å². The SMILES string of the molecule is O=C(S)c1ccccc1Cc1ccccc1. The number of carbonyl (C=O) groups is 1. The summed E-state index contributed by atoms with van der Waals surface area (Å²) in [5, 5.41) is -0.175. The van der Waals surface area contributed by atoms with E-state index >= 15 is 0 Å². The maximum absolute atomic E-state index is 11.3. The molecule has 0 aliphatic rings. The third-order valence-corrected chi connectivity index (χ3v) is 2.73. The Morgan fingerprint density at radius 3 is 2.25 bits per heavy atom. The van der Waals surface area contributed by atoms with E-state index in [1.807, 2.05) is 42.5 Å². The highest BCUT2D eigenvalue weighted by Crippen LogP contribution is 2.15. The van der Waals surface area contributed by atoms with Crippen LogP contribution in [-0.2, 0) is 6.42 Å². The molecule has 0 aromatic heterocycles. The van der Waals surface area contributed by atoms with Crippen molar-refractivity contribution in [3.05, 3.63) is 71.3 Å². The molecule has 0 saturated heterocycles. The van der Waals surface area contributed by atoms with Crippen LogP contribution in [0.4, 0.5) is 0 Å². The lowest BCUT2D eigenvalue weighted by molar-refractivity contribution is 0.109. The van der Waals surface area contributed by atoms with Gasteiger partial charge in [-0.05, 0) is 17.5 Å². The molecule has 2 heteroatoms. The molecule has 0 atom stereocenters. The van der Waals surface area contributed by atoms with Gasteiger partial charge in [0.15, 0.2) is 0 Å². The topological polar surface area (TPSA) is 17.1 Å². The van der Waals surface area contributed by atoms with Gasteiger partial charge in [-0.25, -0.2) is 0 Å². The predicted molar refractivity (Wildman–Crippen MR) is 69.0 cm³/mol. The molecule has 16 heavy (non-hydrogen) atoms. The van der Waals surface area contributed by atoms with E-state index in [2.05, 4.69) is 24.8 Å². The van der Waals surface area contributed by atoms with Crippen molar-refractivity contribution in [1.29, 1.82) is 0 Å². The highest BCUT2D eigenvalue weighted by Gasteiger charge is 2.06. The van der Waals surface area contributed by atoms with Gasteiger partial charge in [0.25, 0.3) is 0 Å². The van der Waals surface area contributed by atoms with Gasteiger partial charge in [-0.2, -0.15) is 0 Å². The second-order valence-corrected chi connectivity index (χ2v) is 4.03. The molecular weight excluding hydrogens is 216 g/mol. The molecule has 0 radical (unpaired) electrons. The molecule has 0 heterocycles. The zero-order chi connectivity index (χ0) is 11.4. The Labute approximate surface area is 101 Å². The van der Waals surface area contributed by atoms with Crippen LogP contribution in [0, 0.1) is 0 Å². The first-order valence-corrected chi connectivity index (χ1v) is 5.57. The number of hydrogen-bond acceptors (Lipinski definition) is 1. The van der Waals surface area contributed by atoms with Crippen LogP contribution in [0.3, 0.4) is 0 Å². The fraction of sp³-hybridized carbons (Fsp3) is 0.0714. The molecule has 0 amide bonds. The Kier molecular flexibility index (Phi) is 3.42. The molecule has 0 spiro atoms. The molecule has 0 fully saturated rings. The van der Waals surface area contributed by atoms with Crippen molar-refractivity contribution in [3.8, 4) is 0 Å². The maximum atomic E-state index is 11.3. The number of carbonyl (C=O) groups excluding carboxylic acids is 1. The van der Waals surface area contributed by atoms with Crippen molar-refractivity contribution < 1.29 is 4.79 Å². The van der Waals surface area contributed by atoms with Gasteiger partial charge in [-0.1, -0.05) is 54.6 Å². The van der Waals surface area contributed by atoms with Crippen LogP contribution < -0.4 is 0 Å². The van der Waals surface area contributed by atoms with Gasteiger partial charge in [0.05, 0.1) is 0 Å². The molecule has 0 bridgehead atoms. The Balaban J connectivity index is 2.31. The standard InChI is InChI=1S/C14H12OS/c15-14(16)13-9-5-4-8-12(13)10-11-6-2-1-3-7-11/h1-9H,10H2,(H,15,16). The van der Waals surface area contributed by atoms with Crippen molar-refractivity contribution in [2.75, 3.05) is 0 Å². The van der Waals surface area contributed by atoms with E-state index in [9.17, 15) is 4.79 Å². The summed E-state index contributed by atoms with van der Waals surface area (Å²) < 4.78 is 0. The number of thiol groups is 1. The first kappa shape index (κ1) is 11.0. The molecule has 0 unspecified atom stereocenters. The summed E-state index contributed by atoms with van der Waals surface area (Å²) in [6.45, 7) is 0. The van der Waals surface area contributed by atoms with Crippen LogP contribution in [0.15, 0.2) is 54.6 Å². The average molecular weight is 228 g/mol. The van der Waals surface area contributed by atoms with Crippen molar-refractivity contribution >= 4 is 17.7 Å². The Hall–Kier alpha value is -1.54. The summed E-state index contributed by atoms with van der Waals surface area (Å²) in [5.41, 5.74) is 2.91. The lowest BCUT2D eigenvalue weighted by Gasteiger charge is -2.06. The first-order valence-electron chi connectivity index (χ1n) is 5.12.